The Morgan fingerprint density at radius 2 is 1.95 bits per heavy atom. The van der Waals surface area contributed by atoms with Crippen molar-refractivity contribution in [1.29, 1.82) is 0 Å². The highest BCUT2D eigenvalue weighted by Gasteiger charge is 2.00. The average molecular weight is 264 g/mol. The molecule has 1 rings (SSSR count). The zero-order valence-electron chi connectivity index (χ0n) is 12.8. The highest BCUT2D eigenvalue weighted by molar-refractivity contribution is 5.15. The van der Waals surface area contributed by atoms with E-state index in [9.17, 15) is 0 Å². The number of ether oxygens (including phenoxy) is 1. The van der Waals surface area contributed by atoms with E-state index in [1.165, 1.54) is 6.42 Å². The van der Waals surface area contributed by atoms with E-state index >= 15 is 0 Å². The predicted octanol–water partition coefficient (Wildman–Crippen LogP) is 3.64. The molecule has 0 spiro atoms. The lowest BCUT2D eigenvalue weighted by molar-refractivity contribution is 0.286. The second kappa shape index (κ2) is 8.92. The molecule has 0 aromatic carbocycles. The fourth-order valence-corrected chi connectivity index (χ4v) is 1.79. The normalized spacial score (nSPS) is 11.3. The molecule has 1 N–H and O–H groups in total. The van der Waals surface area contributed by atoms with Crippen molar-refractivity contribution in [3.05, 3.63) is 23.9 Å². The molecule has 0 saturated heterocycles. The lowest BCUT2D eigenvalue weighted by atomic mass is 10.1. The lowest BCUT2D eigenvalue weighted by Gasteiger charge is -2.09. The molecule has 19 heavy (non-hydrogen) atoms. The zero-order chi connectivity index (χ0) is 14.1. The third kappa shape index (κ3) is 7.83. The highest BCUT2D eigenvalue weighted by Crippen LogP contribution is 2.10. The Kier molecular flexibility index (Phi) is 7.49. The predicted molar refractivity (Wildman–Crippen MR) is 80.3 cm³/mol. The molecule has 1 heterocycles. The first-order chi connectivity index (χ1) is 9.08. The average Bonchev–Trinajstić information content (AvgIpc) is 2.34. The van der Waals surface area contributed by atoms with Crippen molar-refractivity contribution in [3.8, 4) is 5.88 Å². The Bertz CT molecular complexity index is 350. The second-order valence-corrected chi connectivity index (χ2v) is 5.88. The van der Waals surface area contributed by atoms with Crippen LogP contribution < -0.4 is 10.1 Å². The Hall–Kier alpha value is -1.09. The van der Waals surface area contributed by atoms with E-state index < -0.39 is 0 Å². The Balaban J connectivity index is 2.31. The van der Waals surface area contributed by atoms with Gasteiger partial charge in [-0.25, -0.2) is 4.98 Å². The summed E-state index contributed by atoms with van der Waals surface area (Å²) in [6.45, 7) is 11.5. The van der Waals surface area contributed by atoms with Crippen LogP contribution in [0.4, 0.5) is 0 Å². The van der Waals surface area contributed by atoms with Crippen LogP contribution in [0.2, 0.25) is 0 Å². The Labute approximate surface area is 117 Å². The van der Waals surface area contributed by atoms with Gasteiger partial charge < -0.3 is 10.1 Å². The van der Waals surface area contributed by atoms with Crippen molar-refractivity contribution in [3.63, 3.8) is 0 Å². The monoisotopic (exact) mass is 264 g/mol. The molecule has 0 bridgehead atoms. The van der Waals surface area contributed by atoms with Crippen molar-refractivity contribution in [2.45, 2.75) is 47.1 Å². The molecule has 0 atom stereocenters. The van der Waals surface area contributed by atoms with Crippen LogP contribution in [0, 0.1) is 11.8 Å². The minimum Gasteiger partial charge on any atom is -0.478 e. The molecule has 0 radical (unpaired) electrons. The number of rotatable bonds is 9. The van der Waals surface area contributed by atoms with Crippen LogP contribution in [0.3, 0.4) is 0 Å². The largest absolute Gasteiger partial charge is 0.478 e. The SMILES string of the molecule is CC(C)CCCOc1cccc(CNCC(C)C)n1. The van der Waals surface area contributed by atoms with E-state index in [1.54, 1.807) is 0 Å². The second-order valence-electron chi connectivity index (χ2n) is 5.88. The van der Waals surface area contributed by atoms with E-state index in [0.717, 1.165) is 43.6 Å². The highest BCUT2D eigenvalue weighted by atomic mass is 16.5. The first-order valence-electron chi connectivity index (χ1n) is 7.37. The van der Waals surface area contributed by atoms with Crippen molar-refractivity contribution < 1.29 is 4.74 Å². The van der Waals surface area contributed by atoms with E-state index in [2.05, 4.69) is 38.0 Å². The fourth-order valence-electron chi connectivity index (χ4n) is 1.79. The summed E-state index contributed by atoms with van der Waals surface area (Å²) in [6, 6.07) is 5.98. The van der Waals surface area contributed by atoms with Gasteiger partial charge in [-0.3, -0.25) is 0 Å². The van der Waals surface area contributed by atoms with Gasteiger partial charge in [0.1, 0.15) is 0 Å². The fraction of sp³-hybridized carbons (Fsp3) is 0.688. The van der Waals surface area contributed by atoms with Crippen LogP contribution in [0.15, 0.2) is 18.2 Å². The molecular formula is C16H28N2O. The van der Waals surface area contributed by atoms with Gasteiger partial charge in [0.2, 0.25) is 5.88 Å². The van der Waals surface area contributed by atoms with Crippen molar-refractivity contribution in [1.82, 2.24) is 10.3 Å². The molecule has 0 saturated carbocycles. The maximum absolute atomic E-state index is 5.69. The number of hydrogen-bond donors (Lipinski definition) is 1. The van der Waals surface area contributed by atoms with Gasteiger partial charge in [-0.1, -0.05) is 33.8 Å². The molecule has 1 aromatic rings. The Morgan fingerprint density at radius 3 is 2.63 bits per heavy atom. The van der Waals surface area contributed by atoms with Gasteiger partial charge in [0.05, 0.1) is 12.3 Å². The van der Waals surface area contributed by atoms with Crippen LogP contribution in [-0.4, -0.2) is 18.1 Å². The van der Waals surface area contributed by atoms with Crippen LogP contribution in [0.25, 0.3) is 0 Å². The minimum atomic E-state index is 0.662. The number of pyridine rings is 1. The van der Waals surface area contributed by atoms with E-state index in [1.807, 2.05) is 18.2 Å². The molecule has 108 valence electrons. The van der Waals surface area contributed by atoms with Crippen molar-refractivity contribution in [2.75, 3.05) is 13.2 Å². The lowest BCUT2D eigenvalue weighted by Crippen LogP contribution is -2.19. The smallest absolute Gasteiger partial charge is 0.213 e. The number of nitrogens with zero attached hydrogens (tertiary/aromatic N) is 1. The molecule has 0 amide bonds. The van der Waals surface area contributed by atoms with Crippen LogP contribution in [0.5, 0.6) is 5.88 Å². The first kappa shape index (κ1) is 16.0. The molecular weight excluding hydrogens is 236 g/mol. The standard InChI is InChI=1S/C16H28N2O/c1-13(2)7-6-10-19-16-9-5-8-15(18-16)12-17-11-14(3)4/h5,8-9,13-14,17H,6-7,10-12H2,1-4H3. The summed E-state index contributed by atoms with van der Waals surface area (Å²) >= 11 is 0. The van der Waals surface area contributed by atoms with E-state index in [4.69, 9.17) is 4.74 Å². The van der Waals surface area contributed by atoms with Gasteiger partial charge in [0.15, 0.2) is 0 Å². The quantitative estimate of drug-likeness (QED) is 0.691. The topological polar surface area (TPSA) is 34.1 Å². The molecule has 0 unspecified atom stereocenters. The molecule has 0 aliphatic rings. The van der Waals surface area contributed by atoms with E-state index in [0.29, 0.717) is 5.92 Å². The zero-order valence-corrected chi connectivity index (χ0v) is 12.8. The third-order valence-electron chi connectivity index (χ3n) is 2.82. The number of aromatic nitrogens is 1. The molecule has 0 aliphatic carbocycles. The summed E-state index contributed by atoms with van der Waals surface area (Å²) in [6.07, 6.45) is 2.30. The molecule has 0 aliphatic heterocycles. The van der Waals surface area contributed by atoms with Crippen molar-refractivity contribution in [2.24, 2.45) is 11.8 Å². The summed E-state index contributed by atoms with van der Waals surface area (Å²) in [4.78, 5) is 4.50. The summed E-state index contributed by atoms with van der Waals surface area (Å²) in [5.74, 6) is 2.14. The summed E-state index contributed by atoms with van der Waals surface area (Å²) in [5, 5.41) is 3.39. The molecule has 3 nitrogen and oxygen atoms in total. The van der Waals surface area contributed by atoms with Crippen LogP contribution >= 0.6 is 0 Å². The summed E-state index contributed by atoms with van der Waals surface area (Å²) in [7, 11) is 0. The Morgan fingerprint density at radius 1 is 1.16 bits per heavy atom. The van der Waals surface area contributed by atoms with Gasteiger partial charge in [-0.15, -0.1) is 0 Å². The van der Waals surface area contributed by atoms with Gasteiger partial charge in [0.25, 0.3) is 0 Å². The minimum absolute atomic E-state index is 0.662. The molecule has 0 fully saturated rings. The maximum atomic E-state index is 5.69. The number of nitrogens with one attached hydrogen (secondary N) is 1. The van der Waals surface area contributed by atoms with Gasteiger partial charge in [-0.05, 0) is 37.3 Å². The maximum Gasteiger partial charge on any atom is 0.213 e. The van der Waals surface area contributed by atoms with Crippen LogP contribution in [-0.2, 0) is 6.54 Å². The van der Waals surface area contributed by atoms with E-state index in [-0.39, 0.29) is 0 Å². The number of hydrogen-bond acceptors (Lipinski definition) is 3. The van der Waals surface area contributed by atoms with Gasteiger partial charge >= 0.3 is 0 Å². The summed E-state index contributed by atoms with van der Waals surface area (Å²) < 4.78 is 5.69. The third-order valence-corrected chi connectivity index (χ3v) is 2.82. The first-order valence-corrected chi connectivity index (χ1v) is 7.37. The van der Waals surface area contributed by atoms with Crippen molar-refractivity contribution >= 4 is 0 Å². The van der Waals surface area contributed by atoms with Gasteiger partial charge in [0, 0.05) is 12.6 Å². The molecule has 1 aromatic heterocycles. The summed E-state index contributed by atoms with van der Waals surface area (Å²) in [5.41, 5.74) is 1.04. The van der Waals surface area contributed by atoms with Crippen LogP contribution in [0.1, 0.15) is 46.2 Å². The molecule has 3 heteroatoms. The van der Waals surface area contributed by atoms with Gasteiger partial charge in [-0.2, -0.15) is 0 Å².